The maximum atomic E-state index is 12.7. The van der Waals surface area contributed by atoms with Crippen LogP contribution in [0.5, 0.6) is 5.75 Å². The smallest absolute Gasteiger partial charge is 0.347 e. The summed E-state index contributed by atoms with van der Waals surface area (Å²) in [7, 11) is -2.65. The van der Waals surface area contributed by atoms with Gasteiger partial charge in [0.1, 0.15) is 11.5 Å². The average molecular weight is 498 g/mol. The topological polar surface area (TPSA) is 144 Å². The van der Waals surface area contributed by atoms with Crippen molar-refractivity contribution in [3.63, 3.8) is 0 Å². The number of Topliss-reactive ketones (excluding diaryl/α,β-unsaturated/α-hetero) is 1. The predicted octanol–water partition coefficient (Wildman–Crippen LogP) is 2.97. The molecule has 0 fully saturated rings. The third-order valence-electron chi connectivity index (χ3n) is 4.76. The number of amides is 3. The lowest BCUT2D eigenvalue weighted by Crippen LogP contribution is -2.49. The lowest BCUT2D eigenvalue weighted by molar-refractivity contribution is -0.118. The Morgan fingerprint density at radius 2 is 1.66 bits per heavy atom. The van der Waals surface area contributed by atoms with Gasteiger partial charge in [-0.2, -0.15) is 0 Å². The first-order valence-corrected chi connectivity index (χ1v) is 11.8. The number of furan rings is 1. The summed E-state index contributed by atoms with van der Waals surface area (Å²) in [4.78, 5) is 37.4. The minimum atomic E-state index is -4.15. The van der Waals surface area contributed by atoms with E-state index in [1.165, 1.54) is 31.6 Å². The van der Waals surface area contributed by atoms with E-state index in [0.717, 1.165) is 5.56 Å². The highest BCUT2D eigenvalue weighted by Gasteiger charge is 2.20. The summed E-state index contributed by atoms with van der Waals surface area (Å²) in [5.74, 6) is -0.316. The number of sulfonamides is 1. The van der Waals surface area contributed by atoms with E-state index in [0.29, 0.717) is 17.1 Å². The maximum absolute atomic E-state index is 12.7. The van der Waals surface area contributed by atoms with Crippen molar-refractivity contribution >= 4 is 33.8 Å². The van der Waals surface area contributed by atoms with Gasteiger partial charge in [-0.25, -0.2) is 23.4 Å². The molecule has 1 aromatic heterocycles. The van der Waals surface area contributed by atoms with Crippen LogP contribution in [0.4, 0.5) is 4.79 Å². The minimum absolute atomic E-state index is 0.0255. The van der Waals surface area contributed by atoms with Crippen molar-refractivity contribution in [2.24, 2.45) is 0 Å². The Morgan fingerprint density at radius 3 is 2.26 bits per heavy atom. The van der Waals surface area contributed by atoms with Gasteiger partial charge in [0, 0.05) is 17.6 Å². The molecule has 3 amide bonds. The highest BCUT2D eigenvalue weighted by molar-refractivity contribution is 7.90. The van der Waals surface area contributed by atoms with Crippen molar-refractivity contribution < 1.29 is 32.0 Å². The van der Waals surface area contributed by atoms with Crippen LogP contribution in [0.25, 0.3) is 6.08 Å². The van der Waals surface area contributed by atoms with E-state index in [1.54, 1.807) is 60.2 Å². The Morgan fingerprint density at radius 1 is 0.971 bits per heavy atom. The summed E-state index contributed by atoms with van der Waals surface area (Å²) >= 11 is 0. The van der Waals surface area contributed by atoms with E-state index >= 15 is 0 Å². The van der Waals surface area contributed by atoms with Crippen molar-refractivity contribution in [1.29, 1.82) is 0 Å². The molecule has 0 bridgehead atoms. The largest absolute Gasteiger partial charge is 0.497 e. The van der Waals surface area contributed by atoms with Crippen molar-refractivity contribution in [2.75, 3.05) is 7.11 Å². The Balaban J connectivity index is 1.68. The first-order valence-electron chi connectivity index (χ1n) is 10.3. The zero-order valence-electron chi connectivity index (χ0n) is 18.9. The van der Waals surface area contributed by atoms with Gasteiger partial charge < -0.3 is 9.15 Å². The monoisotopic (exact) mass is 497 g/mol. The number of hydrogen-bond donors (Lipinski definition) is 3. The number of aryl methyl sites for hydroxylation is 1. The molecule has 35 heavy (non-hydrogen) atoms. The number of methoxy groups -OCH3 is 1. The fourth-order valence-electron chi connectivity index (χ4n) is 2.91. The molecule has 0 aliphatic heterocycles. The molecule has 0 aliphatic carbocycles. The van der Waals surface area contributed by atoms with Crippen LogP contribution < -0.4 is 20.3 Å². The van der Waals surface area contributed by atoms with Crippen LogP contribution in [-0.2, 0) is 14.8 Å². The van der Waals surface area contributed by atoms with E-state index in [9.17, 15) is 22.8 Å². The highest BCUT2D eigenvalue weighted by Crippen LogP contribution is 2.17. The SMILES string of the molecule is COc1ccc(C(=O)C/C(=C\c2ccco2)C(=O)NNC(=O)NS(=O)(=O)c2ccc(C)cc2)cc1. The zero-order valence-corrected chi connectivity index (χ0v) is 19.7. The third-order valence-corrected chi connectivity index (χ3v) is 6.11. The molecule has 1 heterocycles. The number of rotatable bonds is 8. The van der Waals surface area contributed by atoms with Crippen molar-refractivity contribution in [3.8, 4) is 5.75 Å². The molecule has 0 saturated carbocycles. The molecule has 182 valence electrons. The van der Waals surface area contributed by atoms with Crippen LogP contribution in [0.15, 0.2) is 81.8 Å². The predicted molar refractivity (Wildman–Crippen MR) is 127 cm³/mol. The Kier molecular flexibility index (Phi) is 8.05. The first-order chi connectivity index (χ1) is 16.7. The number of carbonyl (C=O) groups is 3. The molecule has 0 atom stereocenters. The normalized spacial score (nSPS) is 11.4. The van der Waals surface area contributed by atoms with Gasteiger partial charge in [-0.1, -0.05) is 17.7 Å². The summed E-state index contributed by atoms with van der Waals surface area (Å²) in [5.41, 5.74) is 5.25. The molecule has 10 nitrogen and oxygen atoms in total. The summed E-state index contributed by atoms with van der Waals surface area (Å²) in [6, 6.07) is 14.2. The van der Waals surface area contributed by atoms with Gasteiger partial charge in [0.15, 0.2) is 5.78 Å². The molecular formula is C24H23N3O7S. The number of ether oxygens (including phenoxy) is 1. The molecule has 0 spiro atoms. The van der Waals surface area contributed by atoms with Crippen LogP contribution in [0.1, 0.15) is 28.1 Å². The summed E-state index contributed by atoms with van der Waals surface area (Å²) < 4.78 is 36.8. The maximum Gasteiger partial charge on any atom is 0.347 e. The van der Waals surface area contributed by atoms with Gasteiger partial charge in [-0.05, 0) is 61.5 Å². The number of hydrazine groups is 1. The second-order valence-electron chi connectivity index (χ2n) is 7.34. The van der Waals surface area contributed by atoms with E-state index in [2.05, 4.69) is 5.43 Å². The number of benzene rings is 2. The van der Waals surface area contributed by atoms with E-state index in [4.69, 9.17) is 9.15 Å². The molecule has 3 rings (SSSR count). The summed E-state index contributed by atoms with van der Waals surface area (Å²) in [6.07, 6.45) is 2.43. The first kappa shape index (κ1) is 25.2. The van der Waals surface area contributed by atoms with Crippen LogP contribution in [0.2, 0.25) is 0 Å². The number of carbonyl (C=O) groups excluding carboxylic acids is 3. The second-order valence-corrected chi connectivity index (χ2v) is 9.02. The minimum Gasteiger partial charge on any atom is -0.497 e. The molecule has 3 N–H and O–H groups in total. The molecule has 0 saturated heterocycles. The molecule has 2 aromatic carbocycles. The molecule has 11 heteroatoms. The van der Waals surface area contributed by atoms with E-state index in [-0.39, 0.29) is 22.7 Å². The number of ketones is 1. The van der Waals surface area contributed by atoms with E-state index < -0.39 is 22.0 Å². The van der Waals surface area contributed by atoms with Crippen molar-refractivity contribution in [2.45, 2.75) is 18.2 Å². The number of nitrogens with one attached hydrogen (secondary N) is 3. The van der Waals surface area contributed by atoms with Crippen molar-refractivity contribution in [3.05, 3.63) is 89.4 Å². The number of urea groups is 1. The molecule has 0 unspecified atom stereocenters. The Hall–Kier alpha value is -4.38. The quantitative estimate of drug-likeness (QED) is 0.247. The van der Waals surface area contributed by atoms with Gasteiger partial charge in [0.25, 0.3) is 15.9 Å². The third kappa shape index (κ3) is 7.05. The van der Waals surface area contributed by atoms with Gasteiger partial charge in [0.2, 0.25) is 0 Å². The summed E-state index contributed by atoms with van der Waals surface area (Å²) in [6.45, 7) is 1.79. The van der Waals surface area contributed by atoms with Crippen LogP contribution in [0, 0.1) is 6.92 Å². The van der Waals surface area contributed by atoms with Gasteiger partial charge >= 0.3 is 6.03 Å². The fourth-order valence-corrected chi connectivity index (χ4v) is 3.82. The lowest BCUT2D eigenvalue weighted by atomic mass is 10.0. The lowest BCUT2D eigenvalue weighted by Gasteiger charge is -2.11. The fraction of sp³-hybridized carbons (Fsp3) is 0.125. The second kappa shape index (κ2) is 11.2. The highest BCUT2D eigenvalue weighted by atomic mass is 32.2. The standard InChI is InChI=1S/C24H23N3O7S/c1-16-5-11-21(12-6-16)35(31,32)27-24(30)26-25-23(29)18(14-20-4-3-13-34-20)15-22(28)17-7-9-19(33-2)10-8-17/h3-14H,15H2,1-2H3,(H,25,29)(H2,26,27,30)/b18-14+. The van der Waals surface area contributed by atoms with Gasteiger partial charge in [-0.3, -0.25) is 15.0 Å². The summed E-state index contributed by atoms with van der Waals surface area (Å²) in [5, 5.41) is 0. The molecule has 0 radical (unpaired) electrons. The van der Waals surface area contributed by atoms with Gasteiger partial charge in [0.05, 0.1) is 18.3 Å². The molecule has 3 aromatic rings. The molecule has 0 aliphatic rings. The molecular weight excluding hydrogens is 474 g/mol. The van der Waals surface area contributed by atoms with Crippen LogP contribution in [0.3, 0.4) is 0 Å². The Labute approximate surface area is 202 Å². The van der Waals surface area contributed by atoms with Gasteiger partial charge in [-0.15, -0.1) is 0 Å². The number of hydrogen-bond acceptors (Lipinski definition) is 7. The van der Waals surface area contributed by atoms with Crippen molar-refractivity contribution in [1.82, 2.24) is 15.6 Å². The van der Waals surface area contributed by atoms with E-state index in [1.807, 2.05) is 5.43 Å². The van der Waals surface area contributed by atoms with Crippen LogP contribution >= 0.6 is 0 Å². The average Bonchev–Trinajstić information content (AvgIpc) is 3.35. The van der Waals surface area contributed by atoms with Crippen LogP contribution in [-0.4, -0.2) is 33.2 Å². The zero-order chi connectivity index (χ0) is 25.4. The Bertz CT molecular complexity index is 1330.